The summed E-state index contributed by atoms with van der Waals surface area (Å²) in [7, 11) is 0. The Hall–Kier alpha value is -4.13. The van der Waals surface area contributed by atoms with Gasteiger partial charge in [-0.2, -0.15) is 9.61 Å². The van der Waals surface area contributed by atoms with Crippen LogP contribution < -0.4 is 16.4 Å². The highest BCUT2D eigenvalue weighted by molar-refractivity contribution is 8.01. The second-order valence-corrected chi connectivity index (χ2v) is 10.9. The van der Waals surface area contributed by atoms with Crippen molar-refractivity contribution in [2.24, 2.45) is 0 Å². The minimum atomic E-state index is -1.07. The number of rotatable bonds is 6. The van der Waals surface area contributed by atoms with Gasteiger partial charge in [0.25, 0.3) is 5.91 Å². The van der Waals surface area contributed by atoms with E-state index in [4.69, 9.17) is 5.73 Å². The summed E-state index contributed by atoms with van der Waals surface area (Å²) in [6.45, 7) is 3.54. The third kappa shape index (κ3) is 3.81. The fraction of sp³-hybridized carbons (Fsp3) is 0.304. The summed E-state index contributed by atoms with van der Waals surface area (Å²) in [6, 6.07) is 6.69. The molecule has 1 aromatic carbocycles. The Bertz CT molecular complexity index is 1420. The van der Waals surface area contributed by atoms with Crippen LogP contribution >= 0.6 is 11.8 Å². The molecule has 0 radical (unpaired) electrons. The Morgan fingerprint density at radius 1 is 1.22 bits per heavy atom. The lowest BCUT2D eigenvalue weighted by molar-refractivity contribution is -0.161. The van der Waals surface area contributed by atoms with Crippen molar-refractivity contribution < 1.29 is 24.3 Å². The van der Waals surface area contributed by atoms with E-state index in [0.717, 1.165) is 0 Å². The van der Waals surface area contributed by atoms with Crippen molar-refractivity contribution in [3.8, 4) is 0 Å². The van der Waals surface area contributed by atoms with Crippen LogP contribution in [-0.2, 0) is 20.8 Å². The third-order valence-corrected chi connectivity index (χ3v) is 7.88. The normalized spacial score (nSPS) is 22.1. The van der Waals surface area contributed by atoms with Crippen LogP contribution in [0, 0.1) is 0 Å². The van der Waals surface area contributed by atoms with E-state index in [9.17, 15) is 24.3 Å². The standard InChI is InChI=1S/C23H23N7O5S/c1-23(2)17(22(34)35)29-20(33)16(21(29)36-23)28-15(31)9-11-5-3-4-6-13(11)27-19(32)12-10-25-14-7-8-26-30(14)18(12)24/h3-8,10,16-17,21H,9,24H2,1-2H3,(H,27,32)(H,28,31)(H,34,35)/t16?,17-,21+/m0/s1. The van der Waals surface area contributed by atoms with Crippen LogP contribution in [0.3, 0.4) is 0 Å². The number of anilines is 2. The van der Waals surface area contributed by atoms with Gasteiger partial charge in [0.1, 0.15) is 28.8 Å². The number of aliphatic carboxylic acids is 1. The highest BCUT2D eigenvalue weighted by Gasteiger charge is 2.64. The van der Waals surface area contributed by atoms with Crippen LogP contribution in [0.1, 0.15) is 29.8 Å². The lowest BCUT2D eigenvalue weighted by atomic mass is 9.96. The topological polar surface area (TPSA) is 172 Å². The third-order valence-electron chi connectivity index (χ3n) is 6.31. The molecular formula is C23H23N7O5S. The van der Waals surface area contributed by atoms with E-state index in [-0.39, 0.29) is 17.8 Å². The maximum absolute atomic E-state index is 12.9. The number of nitrogen functional groups attached to an aromatic ring is 1. The first kappa shape index (κ1) is 23.6. The number of aromatic nitrogens is 3. The molecule has 0 bridgehead atoms. The number of para-hydroxylation sites is 1. The molecule has 0 saturated carbocycles. The summed E-state index contributed by atoms with van der Waals surface area (Å²) >= 11 is 1.35. The van der Waals surface area contributed by atoms with Gasteiger partial charge in [0.15, 0.2) is 5.65 Å². The van der Waals surface area contributed by atoms with Gasteiger partial charge in [0, 0.05) is 22.7 Å². The first-order valence-electron chi connectivity index (χ1n) is 11.1. The summed E-state index contributed by atoms with van der Waals surface area (Å²) in [4.78, 5) is 55.6. The molecule has 13 heteroatoms. The summed E-state index contributed by atoms with van der Waals surface area (Å²) in [5.74, 6) is -2.30. The summed E-state index contributed by atoms with van der Waals surface area (Å²) in [5, 5.41) is 18.6. The summed E-state index contributed by atoms with van der Waals surface area (Å²) in [6.07, 6.45) is 2.78. The zero-order valence-corrected chi connectivity index (χ0v) is 20.2. The van der Waals surface area contributed by atoms with Crippen molar-refractivity contribution >= 4 is 52.6 Å². The van der Waals surface area contributed by atoms with Crippen LogP contribution in [0.5, 0.6) is 0 Å². The van der Waals surface area contributed by atoms with E-state index >= 15 is 0 Å². The minimum Gasteiger partial charge on any atom is -0.480 e. The molecule has 5 rings (SSSR count). The molecule has 186 valence electrons. The molecule has 1 unspecified atom stereocenters. The molecular weight excluding hydrogens is 486 g/mol. The number of carboxylic acid groups (broad SMARTS) is 1. The molecule has 0 spiro atoms. The molecule has 4 heterocycles. The average molecular weight is 510 g/mol. The van der Waals surface area contributed by atoms with Gasteiger partial charge in [-0.15, -0.1) is 11.8 Å². The number of carbonyl (C=O) groups excluding carboxylic acids is 3. The lowest BCUT2D eigenvalue weighted by Gasteiger charge is -2.43. The van der Waals surface area contributed by atoms with Crippen LogP contribution in [0.2, 0.25) is 0 Å². The predicted molar refractivity (Wildman–Crippen MR) is 131 cm³/mol. The van der Waals surface area contributed by atoms with Crippen molar-refractivity contribution in [3.63, 3.8) is 0 Å². The molecule has 2 aliphatic heterocycles. The van der Waals surface area contributed by atoms with Crippen molar-refractivity contribution in [2.75, 3.05) is 11.1 Å². The van der Waals surface area contributed by atoms with E-state index in [1.807, 2.05) is 0 Å². The molecule has 36 heavy (non-hydrogen) atoms. The smallest absolute Gasteiger partial charge is 0.327 e. The molecule has 2 fully saturated rings. The van der Waals surface area contributed by atoms with E-state index in [2.05, 4.69) is 20.7 Å². The highest BCUT2D eigenvalue weighted by atomic mass is 32.2. The minimum absolute atomic E-state index is 0.102. The number of hydrogen-bond donors (Lipinski definition) is 4. The molecule has 12 nitrogen and oxygen atoms in total. The molecule has 3 atom stereocenters. The van der Waals surface area contributed by atoms with E-state index in [1.165, 1.54) is 33.6 Å². The van der Waals surface area contributed by atoms with Gasteiger partial charge in [0.2, 0.25) is 11.8 Å². The summed E-state index contributed by atoms with van der Waals surface area (Å²) in [5.41, 5.74) is 7.64. The van der Waals surface area contributed by atoms with Gasteiger partial charge >= 0.3 is 5.97 Å². The SMILES string of the molecule is CC1(C)S[C@@H]2C(NC(=O)Cc3ccccc3NC(=O)c3cnc4ccnn4c3N)C(=O)N2[C@H]1C(=O)O. The number of carbonyl (C=O) groups is 4. The number of thioether (sulfide) groups is 1. The number of β-lactam (4-membered cyclic amide) rings is 1. The zero-order chi connectivity index (χ0) is 25.8. The van der Waals surface area contributed by atoms with Crippen LogP contribution in [0.15, 0.2) is 42.7 Å². The first-order chi connectivity index (χ1) is 17.1. The molecule has 3 amide bonds. The number of fused-ring (bicyclic) bond motifs is 2. The largest absolute Gasteiger partial charge is 0.480 e. The average Bonchev–Trinajstić information content (AvgIpc) is 3.40. The van der Waals surface area contributed by atoms with Crippen molar-refractivity contribution in [2.45, 2.75) is 42.5 Å². The Morgan fingerprint density at radius 3 is 2.72 bits per heavy atom. The van der Waals surface area contributed by atoms with Gasteiger partial charge in [-0.05, 0) is 25.5 Å². The first-order valence-corrected chi connectivity index (χ1v) is 12.0. The second-order valence-electron chi connectivity index (χ2n) is 9.09. The fourth-order valence-corrected chi connectivity index (χ4v) is 6.22. The van der Waals surface area contributed by atoms with Crippen LogP contribution in [-0.4, -0.2) is 70.5 Å². The number of hydrogen-bond acceptors (Lipinski definition) is 8. The maximum atomic E-state index is 12.9. The predicted octanol–water partition coefficient (Wildman–Crippen LogP) is 0.738. The molecule has 5 N–H and O–H groups in total. The molecule has 0 aliphatic carbocycles. The Kier molecular flexibility index (Phi) is 5.58. The molecule has 3 aromatic rings. The number of benzene rings is 1. The van der Waals surface area contributed by atoms with Gasteiger partial charge in [0.05, 0.1) is 12.6 Å². The fourth-order valence-electron chi connectivity index (χ4n) is 4.59. The maximum Gasteiger partial charge on any atom is 0.327 e. The van der Waals surface area contributed by atoms with E-state index in [0.29, 0.717) is 16.9 Å². The number of nitrogens with one attached hydrogen (secondary N) is 2. The summed E-state index contributed by atoms with van der Waals surface area (Å²) < 4.78 is 0.669. The van der Waals surface area contributed by atoms with E-state index in [1.54, 1.807) is 44.2 Å². The highest BCUT2D eigenvalue weighted by Crippen LogP contribution is 2.50. The van der Waals surface area contributed by atoms with Gasteiger partial charge in [-0.1, -0.05) is 18.2 Å². The van der Waals surface area contributed by atoms with Crippen molar-refractivity contribution in [3.05, 3.63) is 53.9 Å². The Morgan fingerprint density at radius 2 is 1.97 bits per heavy atom. The Labute approximate surface area is 209 Å². The molecule has 2 aliphatic rings. The van der Waals surface area contributed by atoms with E-state index < -0.39 is 45.9 Å². The lowest BCUT2D eigenvalue weighted by Crippen LogP contribution is -2.70. The van der Waals surface area contributed by atoms with Gasteiger partial charge in [-0.25, -0.2) is 9.78 Å². The Balaban J connectivity index is 1.28. The van der Waals surface area contributed by atoms with Crippen LogP contribution in [0.4, 0.5) is 11.5 Å². The molecule has 2 aromatic heterocycles. The van der Waals surface area contributed by atoms with Gasteiger partial charge in [-0.3, -0.25) is 14.4 Å². The quantitative estimate of drug-likeness (QED) is 0.350. The zero-order valence-electron chi connectivity index (χ0n) is 19.3. The van der Waals surface area contributed by atoms with Gasteiger partial charge < -0.3 is 26.4 Å². The van der Waals surface area contributed by atoms with Crippen LogP contribution in [0.25, 0.3) is 5.65 Å². The number of carboxylic acids is 1. The molecule has 2 saturated heterocycles. The number of nitrogens with two attached hydrogens (primary N) is 1. The number of nitrogens with zero attached hydrogens (tertiary/aromatic N) is 4. The monoisotopic (exact) mass is 509 g/mol. The van der Waals surface area contributed by atoms with Crippen molar-refractivity contribution in [1.82, 2.24) is 24.8 Å². The second kappa shape index (κ2) is 8.52. The number of amides is 3. The van der Waals surface area contributed by atoms with Crippen molar-refractivity contribution in [1.29, 1.82) is 0 Å².